The smallest absolute Gasteiger partial charge is 0.351 e. The molecule has 0 unspecified atom stereocenters. The SMILES string of the molecule is COC(=O)/C(=C1\CCCCN1)S(=O)(=O)c1ccccc1F. The third-order valence-corrected chi connectivity index (χ3v) is 5.09. The summed E-state index contributed by atoms with van der Waals surface area (Å²) in [5, 5.41) is 2.91. The number of hydrogen-bond donors (Lipinski definition) is 1. The molecular formula is C14H16FNO4S. The molecule has 114 valence electrons. The lowest BCUT2D eigenvalue weighted by molar-refractivity contribution is -0.135. The second kappa shape index (κ2) is 6.26. The van der Waals surface area contributed by atoms with E-state index >= 15 is 0 Å². The number of piperidine rings is 1. The summed E-state index contributed by atoms with van der Waals surface area (Å²) >= 11 is 0. The molecular weight excluding hydrogens is 297 g/mol. The molecule has 0 saturated carbocycles. The van der Waals surface area contributed by atoms with Crippen molar-refractivity contribution in [3.8, 4) is 0 Å². The number of rotatable bonds is 3. The zero-order chi connectivity index (χ0) is 15.5. The molecule has 5 nitrogen and oxygen atoms in total. The molecule has 0 spiro atoms. The van der Waals surface area contributed by atoms with Crippen molar-refractivity contribution in [2.24, 2.45) is 0 Å². The highest BCUT2D eigenvalue weighted by molar-refractivity contribution is 7.96. The van der Waals surface area contributed by atoms with Gasteiger partial charge in [0, 0.05) is 12.2 Å². The maximum absolute atomic E-state index is 13.8. The molecule has 1 aromatic carbocycles. The summed E-state index contributed by atoms with van der Waals surface area (Å²) in [6, 6.07) is 4.97. The summed E-state index contributed by atoms with van der Waals surface area (Å²) in [7, 11) is -3.18. The Labute approximate surface area is 122 Å². The average molecular weight is 313 g/mol. The van der Waals surface area contributed by atoms with Gasteiger partial charge in [-0.15, -0.1) is 0 Å². The van der Waals surface area contributed by atoms with E-state index < -0.39 is 31.4 Å². The van der Waals surface area contributed by atoms with Gasteiger partial charge in [-0.1, -0.05) is 12.1 Å². The molecule has 21 heavy (non-hydrogen) atoms. The molecule has 1 aromatic rings. The first kappa shape index (κ1) is 15.5. The Hall–Kier alpha value is -1.89. The Kier molecular flexibility index (Phi) is 4.62. The van der Waals surface area contributed by atoms with Crippen molar-refractivity contribution >= 4 is 15.8 Å². The van der Waals surface area contributed by atoms with E-state index in [-0.39, 0.29) is 5.70 Å². The van der Waals surface area contributed by atoms with E-state index in [4.69, 9.17) is 0 Å². The van der Waals surface area contributed by atoms with Crippen molar-refractivity contribution in [2.45, 2.75) is 24.2 Å². The number of hydrogen-bond acceptors (Lipinski definition) is 5. The summed E-state index contributed by atoms with van der Waals surface area (Å²) in [4.78, 5) is 10.9. The van der Waals surface area contributed by atoms with Crippen LogP contribution in [0, 0.1) is 5.82 Å². The highest BCUT2D eigenvalue weighted by Gasteiger charge is 2.34. The predicted molar refractivity (Wildman–Crippen MR) is 74.5 cm³/mol. The van der Waals surface area contributed by atoms with Gasteiger partial charge in [-0.3, -0.25) is 0 Å². The molecule has 0 atom stereocenters. The molecule has 0 aliphatic carbocycles. The van der Waals surface area contributed by atoms with Crippen molar-refractivity contribution in [1.29, 1.82) is 0 Å². The Morgan fingerprint density at radius 1 is 1.29 bits per heavy atom. The van der Waals surface area contributed by atoms with Crippen LogP contribution >= 0.6 is 0 Å². The van der Waals surface area contributed by atoms with Gasteiger partial charge in [-0.25, -0.2) is 17.6 Å². The normalized spacial score (nSPS) is 17.8. The van der Waals surface area contributed by atoms with E-state index in [1.807, 2.05) is 0 Å². The maximum Gasteiger partial charge on any atom is 0.351 e. The third kappa shape index (κ3) is 3.07. The van der Waals surface area contributed by atoms with Crippen molar-refractivity contribution in [3.05, 3.63) is 40.7 Å². The number of sulfone groups is 1. The lowest BCUT2D eigenvalue weighted by Gasteiger charge is -2.20. The van der Waals surface area contributed by atoms with Crippen LogP contribution in [0.2, 0.25) is 0 Å². The van der Waals surface area contributed by atoms with Crippen LogP contribution < -0.4 is 5.32 Å². The van der Waals surface area contributed by atoms with Crippen LogP contribution in [0.4, 0.5) is 4.39 Å². The predicted octanol–water partition coefficient (Wildman–Crippen LogP) is 1.76. The Morgan fingerprint density at radius 2 is 2.00 bits per heavy atom. The Balaban J connectivity index is 2.61. The van der Waals surface area contributed by atoms with Gasteiger partial charge in [0.05, 0.1) is 7.11 Å². The van der Waals surface area contributed by atoms with Gasteiger partial charge in [0.25, 0.3) is 0 Å². The van der Waals surface area contributed by atoms with Crippen LogP contribution in [0.25, 0.3) is 0 Å². The lowest BCUT2D eigenvalue weighted by atomic mass is 10.1. The molecule has 0 radical (unpaired) electrons. The van der Waals surface area contributed by atoms with E-state index in [2.05, 4.69) is 10.1 Å². The monoisotopic (exact) mass is 313 g/mol. The van der Waals surface area contributed by atoms with Crippen LogP contribution in [0.3, 0.4) is 0 Å². The van der Waals surface area contributed by atoms with Crippen LogP contribution in [0.5, 0.6) is 0 Å². The number of carbonyl (C=O) groups excluding carboxylic acids is 1. The second-order valence-corrected chi connectivity index (χ2v) is 6.47. The van der Waals surface area contributed by atoms with Crippen molar-refractivity contribution in [2.75, 3.05) is 13.7 Å². The second-order valence-electron chi connectivity index (χ2n) is 4.62. The van der Waals surface area contributed by atoms with E-state index in [0.29, 0.717) is 13.0 Å². The Morgan fingerprint density at radius 3 is 2.57 bits per heavy atom. The number of esters is 1. The fourth-order valence-corrected chi connectivity index (χ4v) is 3.81. The molecule has 0 aromatic heterocycles. The minimum absolute atomic E-state index is 0.288. The van der Waals surface area contributed by atoms with E-state index in [1.54, 1.807) is 0 Å². The molecule has 1 fully saturated rings. The van der Waals surface area contributed by atoms with Crippen LogP contribution in [0.15, 0.2) is 39.8 Å². The third-order valence-electron chi connectivity index (χ3n) is 3.23. The van der Waals surface area contributed by atoms with Gasteiger partial charge in [-0.05, 0) is 31.4 Å². The standard InChI is InChI=1S/C14H16FNO4S/c1-20-14(17)13(11-7-4-5-9-16-11)21(18,19)12-8-3-2-6-10(12)15/h2-3,6,8,16H,4-5,7,9H2,1H3/b13-11-. The topological polar surface area (TPSA) is 72.5 Å². The zero-order valence-corrected chi connectivity index (χ0v) is 12.4. The summed E-state index contributed by atoms with van der Waals surface area (Å²) < 4.78 is 43.6. The summed E-state index contributed by atoms with van der Waals surface area (Å²) in [6.07, 6.45) is 2.06. The minimum atomic E-state index is -4.28. The molecule has 1 N–H and O–H groups in total. The van der Waals surface area contributed by atoms with Crippen molar-refractivity contribution in [3.63, 3.8) is 0 Å². The highest BCUT2D eigenvalue weighted by Crippen LogP contribution is 2.27. The molecule has 7 heteroatoms. The minimum Gasteiger partial charge on any atom is -0.465 e. The fourth-order valence-electron chi connectivity index (χ4n) is 2.21. The Bertz CT molecular complexity index is 674. The maximum atomic E-state index is 13.8. The highest BCUT2D eigenvalue weighted by atomic mass is 32.2. The summed E-state index contributed by atoms with van der Waals surface area (Å²) in [5.41, 5.74) is 0.288. The lowest BCUT2D eigenvalue weighted by Crippen LogP contribution is -2.28. The quantitative estimate of drug-likeness (QED) is 0.680. The van der Waals surface area contributed by atoms with E-state index in [9.17, 15) is 17.6 Å². The number of halogens is 1. The van der Waals surface area contributed by atoms with Crippen LogP contribution in [-0.2, 0) is 19.4 Å². The first-order chi connectivity index (χ1) is 9.98. The van der Waals surface area contributed by atoms with Gasteiger partial charge in [0.2, 0.25) is 9.84 Å². The van der Waals surface area contributed by atoms with Gasteiger partial charge < -0.3 is 10.1 Å². The summed E-state index contributed by atoms with van der Waals surface area (Å²) in [5.74, 6) is -1.88. The van der Waals surface area contributed by atoms with E-state index in [0.717, 1.165) is 32.1 Å². The number of carbonyl (C=O) groups is 1. The first-order valence-corrected chi connectivity index (χ1v) is 8.01. The van der Waals surface area contributed by atoms with Gasteiger partial charge in [0.15, 0.2) is 4.91 Å². The van der Waals surface area contributed by atoms with Gasteiger partial charge in [-0.2, -0.15) is 0 Å². The van der Waals surface area contributed by atoms with Crippen molar-refractivity contribution < 1.29 is 22.3 Å². The molecule has 0 amide bonds. The molecule has 0 bridgehead atoms. The molecule has 2 rings (SSSR count). The number of benzene rings is 1. The number of methoxy groups -OCH3 is 1. The average Bonchev–Trinajstić information content (AvgIpc) is 2.48. The largest absolute Gasteiger partial charge is 0.465 e. The number of ether oxygens (including phenoxy) is 1. The van der Waals surface area contributed by atoms with Crippen molar-refractivity contribution in [1.82, 2.24) is 5.32 Å². The van der Waals surface area contributed by atoms with Gasteiger partial charge >= 0.3 is 5.97 Å². The number of allylic oxidation sites excluding steroid dienone is 1. The molecule has 1 heterocycles. The van der Waals surface area contributed by atoms with Gasteiger partial charge in [0.1, 0.15) is 10.7 Å². The van der Waals surface area contributed by atoms with Crippen LogP contribution in [-0.4, -0.2) is 28.0 Å². The molecule has 1 aliphatic heterocycles. The first-order valence-electron chi connectivity index (χ1n) is 6.53. The fraction of sp³-hybridized carbons (Fsp3) is 0.357. The molecule has 1 aliphatic rings. The summed E-state index contributed by atoms with van der Waals surface area (Å²) in [6.45, 7) is 0.572. The zero-order valence-electron chi connectivity index (χ0n) is 11.6. The molecule has 1 saturated heterocycles. The van der Waals surface area contributed by atoms with Crippen LogP contribution in [0.1, 0.15) is 19.3 Å². The van der Waals surface area contributed by atoms with E-state index in [1.165, 1.54) is 12.1 Å². The number of nitrogens with one attached hydrogen (secondary N) is 1.